The van der Waals surface area contributed by atoms with Crippen LogP contribution in [-0.2, 0) is 9.53 Å². The lowest BCUT2D eigenvalue weighted by atomic mass is 10.0. The summed E-state index contributed by atoms with van der Waals surface area (Å²) in [5.74, 6) is -0.0751. The molecule has 0 rings (SSSR count). The van der Waals surface area contributed by atoms with Crippen LogP contribution in [0.15, 0.2) is 0 Å². The molecule has 0 heterocycles. The SMILES string of the molecule is CC(C)C(=O)OCCCCCCCCCCCCCCCCO. The minimum absolute atomic E-state index is 0.00413. The summed E-state index contributed by atoms with van der Waals surface area (Å²) in [5, 5.41) is 8.69. The molecule has 0 aromatic rings. The van der Waals surface area contributed by atoms with E-state index in [0.717, 1.165) is 12.8 Å². The van der Waals surface area contributed by atoms with Gasteiger partial charge >= 0.3 is 5.97 Å². The molecule has 0 aliphatic carbocycles. The number of hydrogen-bond acceptors (Lipinski definition) is 3. The molecular formula is C20H40O3. The van der Waals surface area contributed by atoms with E-state index in [1.807, 2.05) is 13.8 Å². The van der Waals surface area contributed by atoms with Crippen molar-refractivity contribution in [1.82, 2.24) is 0 Å². The molecule has 1 N–H and O–H groups in total. The minimum atomic E-state index is -0.0709. The minimum Gasteiger partial charge on any atom is -0.465 e. The highest BCUT2D eigenvalue weighted by Crippen LogP contribution is 2.13. The van der Waals surface area contributed by atoms with Gasteiger partial charge in [-0.15, -0.1) is 0 Å². The van der Waals surface area contributed by atoms with Crippen molar-refractivity contribution < 1.29 is 14.6 Å². The fraction of sp³-hybridized carbons (Fsp3) is 0.950. The number of carbonyl (C=O) groups excluding carboxylic acids is 1. The van der Waals surface area contributed by atoms with Crippen molar-refractivity contribution >= 4 is 5.97 Å². The molecule has 0 aliphatic heterocycles. The molecule has 0 saturated heterocycles. The monoisotopic (exact) mass is 328 g/mol. The van der Waals surface area contributed by atoms with E-state index in [9.17, 15) is 4.79 Å². The standard InChI is InChI=1S/C20H40O3/c1-19(2)20(22)23-18-16-14-12-10-8-6-4-3-5-7-9-11-13-15-17-21/h19,21H,3-18H2,1-2H3. The van der Waals surface area contributed by atoms with E-state index in [4.69, 9.17) is 9.84 Å². The van der Waals surface area contributed by atoms with Crippen LogP contribution in [0.3, 0.4) is 0 Å². The number of hydrogen-bond donors (Lipinski definition) is 1. The highest BCUT2D eigenvalue weighted by atomic mass is 16.5. The molecule has 138 valence electrons. The Hall–Kier alpha value is -0.570. The first-order valence-electron chi connectivity index (χ1n) is 9.96. The summed E-state index contributed by atoms with van der Waals surface area (Å²) in [4.78, 5) is 11.3. The molecule has 0 atom stereocenters. The fourth-order valence-electron chi connectivity index (χ4n) is 2.67. The highest BCUT2D eigenvalue weighted by molar-refractivity contribution is 5.71. The number of aliphatic hydroxyl groups is 1. The van der Waals surface area contributed by atoms with Crippen molar-refractivity contribution in [2.45, 2.75) is 104 Å². The van der Waals surface area contributed by atoms with Gasteiger partial charge in [-0.1, -0.05) is 90.9 Å². The van der Waals surface area contributed by atoms with E-state index in [1.54, 1.807) is 0 Å². The van der Waals surface area contributed by atoms with Gasteiger partial charge in [-0.2, -0.15) is 0 Å². The fourth-order valence-corrected chi connectivity index (χ4v) is 2.67. The summed E-state index contributed by atoms with van der Waals surface area (Å²) in [6.45, 7) is 4.69. The van der Waals surface area contributed by atoms with Gasteiger partial charge in [-0.25, -0.2) is 0 Å². The molecule has 3 nitrogen and oxygen atoms in total. The molecule has 0 fully saturated rings. The van der Waals surface area contributed by atoms with Crippen LogP contribution in [0.5, 0.6) is 0 Å². The van der Waals surface area contributed by atoms with Crippen molar-refractivity contribution in [2.75, 3.05) is 13.2 Å². The molecule has 0 saturated carbocycles. The lowest BCUT2D eigenvalue weighted by Crippen LogP contribution is -2.12. The predicted octanol–water partition coefficient (Wildman–Crippen LogP) is 5.64. The molecule has 0 aromatic heterocycles. The Morgan fingerprint density at radius 2 is 1.04 bits per heavy atom. The van der Waals surface area contributed by atoms with E-state index in [1.165, 1.54) is 77.0 Å². The first-order chi connectivity index (χ1) is 11.2. The van der Waals surface area contributed by atoms with Gasteiger partial charge in [-0.05, 0) is 12.8 Å². The molecule has 0 spiro atoms. The number of unbranched alkanes of at least 4 members (excludes halogenated alkanes) is 13. The number of aliphatic hydroxyl groups excluding tert-OH is 1. The zero-order chi connectivity index (χ0) is 17.2. The summed E-state index contributed by atoms with van der Waals surface area (Å²) in [5.41, 5.74) is 0. The first-order valence-corrected chi connectivity index (χ1v) is 9.96. The molecule has 0 aliphatic rings. The number of rotatable bonds is 17. The van der Waals surface area contributed by atoms with Crippen molar-refractivity contribution in [2.24, 2.45) is 5.92 Å². The maximum Gasteiger partial charge on any atom is 0.308 e. The Labute approximate surface area is 144 Å². The van der Waals surface area contributed by atoms with Crippen LogP contribution in [0.25, 0.3) is 0 Å². The van der Waals surface area contributed by atoms with Gasteiger partial charge in [0.1, 0.15) is 0 Å². The lowest BCUT2D eigenvalue weighted by Gasteiger charge is -2.06. The predicted molar refractivity (Wildman–Crippen MR) is 97.5 cm³/mol. The van der Waals surface area contributed by atoms with Gasteiger partial charge in [0.15, 0.2) is 0 Å². The van der Waals surface area contributed by atoms with Crippen LogP contribution in [0.4, 0.5) is 0 Å². The van der Waals surface area contributed by atoms with Crippen molar-refractivity contribution in [3.8, 4) is 0 Å². The summed E-state index contributed by atoms with van der Waals surface area (Å²) in [6.07, 6.45) is 17.8. The van der Waals surface area contributed by atoms with Crippen molar-refractivity contribution in [1.29, 1.82) is 0 Å². The quantitative estimate of drug-likeness (QED) is 0.278. The largest absolute Gasteiger partial charge is 0.465 e. The second-order valence-corrected chi connectivity index (χ2v) is 7.00. The maximum atomic E-state index is 11.3. The second-order valence-electron chi connectivity index (χ2n) is 7.00. The maximum absolute atomic E-state index is 11.3. The van der Waals surface area contributed by atoms with Crippen LogP contribution in [0, 0.1) is 5.92 Å². The Bertz CT molecular complexity index is 251. The molecular weight excluding hydrogens is 288 g/mol. The summed E-state index contributed by atoms with van der Waals surface area (Å²) < 4.78 is 5.17. The molecule has 0 aromatic carbocycles. The Kier molecular flexibility index (Phi) is 17.3. The molecule has 3 heteroatoms. The molecule has 0 bridgehead atoms. The van der Waals surface area contributed by atoms with E-state index >= 15 is 0 Å². The normalized spacial score (nSPS) is 11.1. The molecule has 0 radical (unpaired) electrons. The lowest BCUT2D eigenvalue weighted by molar-refractivity contribution is -0.147. The van der Waals surface area contributed by atoms with Gasteiger partial charge < -0.3 is 9.84 Å². The number of esters is 1. The Balaban J connectivity index is 3.04. The molecule has 0 unspecified atom stereocenters. The average molecular weight is 329 g/mol. The Morgan fingerprint density at radius 1 is 0.696 bits per heavy atom. The van der Waals surface area contributed by atoms with E-state index in [0.29, 0.717) is 13.2 Å². The number of ether oxygens (including phenoxy) is 1. The van der Waals surface area contributed by atoms with Gasteiger partial charge in [0.2, 0.25) is 0 Å². The van der Waals surface area contributed by atoms with Crippen LogP contribution in [0.1, 0.15) is 104 Å². The van der Waals surface area contributed by atoms with E-state index in [2.05, 4.69) is 0 Å². The van der Waals surface area contributed by atoms with Crippen molar-refractivity contribution in [3.63, 3.8) is 0 Å². The van der Waals surface area contributed by atoms with Gasteiger partial charge in [-0.3, -0.25) is 4.79 Å². The third-order valence-electron chi connectivity index (χ3n) is 4.27. The van der Waals surface area contributed by atoms with Gasteiger partial charge in [0.05, 0.1) is 12.5 Å². The van der Waals surface area contributed by atoms with E-state index in [-0.39, 0.29) is 11.9 Å². The average Bonchev–Trinajstić information content (AvgIpc) is 2.54. The van der Waals surface area contributed by atoms with E-state index < -0.39 is 0 Å². The summed E-state index contributed by atoms with van der Waals surface area (Å²) in [6, 6.07) is 0. The van der Waals surface area contributed by atoms with Crippen LogP contribution in [-0.4, -0.2) is 24.3 Å². The molecule has 23 heavy (non-hydrogen) atoms. The van der Waals surface area contributed by atoms with Crippen molar-refractivity contribution in [3.05, 3.63) is 0 Å². The third kappa shape index (κ3) is 17.6. The van der Waals surface area contributed by atoms with Crippen LogP contribution < -0.4 is 0 Å². The second kappa shape index (κ2) is 17.8. The van der Waals surface area contributed by atoms with Crippen LogP contribution >= 0.6 is 0 Å². The zero-order valence-corrected chi connectivity index (χ0v) is 15.7. The van der Waals surface area contributed by atoms with Gasteiger partial charge in [0.25, 0.3) is 0 Å². The molecule has 0 amide bonds. The smallest absolute Gasteiger partial charge is 0.308 e. The summed E-state index contributed by atoms with van der Waals surface area (Å²) >= 11 is 0. The highest BCUT2D eigenvalue weighted by Gasteiger charge is 2.06. The topological polar surface area (TPSA) is 46.5 Å². The Morgan fingerprint density at radius 3 is 1.39 bits per heavy atom. The third-order valence-corrected chi connectivity index (χ3v) is 4.27. The van der Waals surface area contributed by atoms with Crippen LogP contribution in [0.2, 0.25) is 0 Å². The number of carbonyl (C=O) groups is 1. The summed E-state index contributed by atoms with van der Waals surface area (Å²) in [7, 11) is 0. The van der Waals surface area contributed by atoms with Gasteiger partial charge in [0, 0.05) is 6.61 Å². The first kappa shape index (κ1) is 22.4. The zero-order valence-electron chi connectivity index (χ0n) is 15.7.